The average molecular weight is 347 g/mol. The fraction of sp³-hybridized carbons (Fsp3) is 0.235. The Morgan fingerprint density at radius 3 is 2.29 bits per heavy atom. The lowest BCUT2D eigenvalue weighted by molar-refractivity contribution is -0.120. The molecule has 2 rings (SSSR count). The Labute approximate surface area is 142 Å². The van der Waals surface area contributed by atoms with Crippen molar-refractivity contribution in [2.75, 3.05) is 19.4 Å². The van der Waals surface area contributed by atoms with Crippen molar-refractivity contribution >= 4 is 21.6 Å². The van der Waals surface area contributed by atoms with Gasteiger partial charge in [-0.2, -0.15) is 0 Å². The number of nitrogens with two attached hydrogens (primary N) is 1. The molecule has 0 heterocycles. The number of carbonyl (C=O) groups excluding carboxylic acids is 1. The van der Waals surface area contributed by atoms with E-state index in [0.717, 1.165) is 5.56 Å². The second-order valence-corrected chi connectivity index (χ2v) is 7.32. The number of hydrogen-bond acceptors (Lipinski definition) is 4. The molecule has 6 nitrogen and oxygen atoms in total. The van der Waals surface area contributed by atoms with Crippen molar-refractivity contribution in [2.24, 2.45) is 5.14 Å². The number of carbonyl (C=O) groups is 1. The van der Waals surface area contributed by atoms with E-state index in [1.807, 2.05) is 44.4 Å². The smallest absolute Gasteiger partial charge is 0.246 e. The van der Waals surface area contributed by atoms with Gasteiger partial charge in [0.15, 0.2) is 0 Å². The fourth-order valence-corrected chi connectivity index (χ4v) is 3.32. The zero-order valence-corrected chi connectivity index (χ0v) is 14.7. The molecule has 2 aromatic carbocycles. The summed E-state index contributed by atoms with van der Waals surface area (Å²) in [5.74, 6) is -0.254. The van der Waals surface area contributed by atoms with Crippen LogP contribution in [0.4, 0.5) is 5.69 Å². The van der Waals surface area contributed by atoms with Crippen molar-refractivity contribution in [3.8, 4) is 0 Å². The molecule has 128 valence electrons. The highest BCUT2D eigenvalue weighted by Crippen LogP contribution is 2.23. The molecule has 0 spiro atoms. The van der Waals surface area contributed by atoms with Gasteiger partial charge in [0.1, 0.15) is 6.04 Å². The maximum Gasteiger partial charge on any atom is 0.246 e. The van der Waals surface area contributed by atoms with Crippen LogP contribution in [0, 0.1) is 6.92 Å². The third-order valence-corrected chi connectivity index (χ3v) is 4.70. The van der Waals surface area contributed by atoms with Gasteiger partial charge in [-0.15, -0.1) is 0 Å². The largest absolute Gasteiger partial charge is 0.324 e. The van der Waals surface area contributed by atoms with Crippen LogP contribution in [0.1, 0.15) is 17.2 Å². The van der Waals surface area contributed by atoms with E-state index in [1.54, 1.807) is 24.0 Å². The third kappa shape index (κ3) is 4.19. The Morgan fingerprint density at radius 2 is 1.75 bits per heavy atom. The van der Waals surface area contributed by atoms with Crippen LogP contribution in [0.25, 0.3) is 0 Å². The quantitative estimate of drug-likeness (QED) is 0.864. The van der Waals surface area contributed by atoms with E-state index in [0.29, 0.717) is 11.3 Å². The summed E-state index contributed by atoms with van der Waals surface area (Å²) in [5.41, 5.74) is 1.76. The first-order chi connectivity index (χ1) is 11.2. The highest BCUT2D eigenvalue weighted by atomic mass is 32.2. The normalized spacial score (nSPS) is 12.9. The predicted molar refractivity (Wildman–Crippen MR) is 94.1 cm³/mol. The molecule has 0 radical (unpaired) electrons. The lowest BCUT2D eigenvalue weighted by atomic mass is 10.1. The summed E-state index contributed by atoms with van der Waals surface area (Å²) >= 11 is 0. The Hall–Kier alpha value is -2.22. The highest BCUT2D eigenvalue weighted by Gasteiger charge is 2.23. The number of benzene rings is 2. The number of hydrogen-bond donors (Lipinski definition) is 2. The minimum atomic E-state index is -3.84. The number of sulfonamides is 1. The van der Waals surface area contributed by atoms with Gasteiger partial charge < -0.3 is 5.32 Å². The van der Waals surface area contributed by atoms with Crippen LogP contribution in [0.2, 0.25) is 0 Å². The maximum atomic E-state index is 12.7. The van der Waals surface area contributed by atoms with Crippen molar-refractivity contribution in [1.82, 2.24) is 4.90 Å². The molecule has 0 aliphatic heterocycles. The summed E-state index contributed by atoms with van der Waals surface area (Å²) in [7, 11) is -0.227. The van der Waals surface area contributed by atoms with Crippen LogP contribution in [-0.2, 0) is 14.8 Å². The van der Waals surface area contributed by atoms with Gasteiger partial charge in [-0.25, -0.2) is 13.6 Å². The van der Waals surface area contributed by atoms with E-state index in [9.17, 15) is 13.2 Å². The molecule has 0 aliphatic carbocycles. The van der Waals surface area contributed by atoms with E-state index >= 15 is 0 Å². The van der Waals surface area contributed by atoms with Gasteiger partial charge in [0.05, 0.1) is 4.90 Å². The van der Waals surface area contributed by atoms with Gasteiger partial charge in [-0.05, 0) is 44.3 Å². The van der Waals surface area contributed by atoms with E-state index in [1.165, 1.54) is 6.07 Å². The summed E-state index contributed by atoms with van der Waals surface area (Å²) in [6.07, 6.45) is 0. The van der Waals surface area contributed by atoms with Crippen LogP contribution in [0.15, 0.2) is 53.4 Å². The number of nitrogens with one attached hydrogen (secondary N) is 1. The van der Waals surface area contributed by atoms with Crippen LogP contribution in [0.3, 0.4) is 0 Å². The summed E-state index contributed by atoms with van der Waals surface area (Å²) in [4.78, 5) is 14.5. The number of likely N-dealkylation sites (N-methyl/N-ethyl adjacent to an activating group) is 1. The number of amides is 1. The lowest BCUT2D eigenvalue weighted by Gasteiger charge is -2.24. The zero-order valence-electron chi connectivity index (χ0n) is 13.9. The monoisotopic (exact) mass is 347 g/mol. The van der Waals surface area contributed by atoms with Gasteiger partial charge in [-0.3, -0.25) is 9.69 Å². The molecular formula is C17H21N3O3S. The van der Waals surface area contributed by atoms with E-state index in [4.69, 9.17) is 5.14 Å². The Bertz CT molecular complexity index is 833. The van der Waals surface area contributed by atoms with Crippen molar-refractivity contribution in [3.05, 3.63) is 59.7 Å². The van der Waals surface area contributed by atoms with Crippen molar-refractivity contribution in [2.45, 2.75) is 17.9 Å². The molecule has 0 aromatic heterocycles. The summed E-state index contributed by atoms with van der Waals surface area (Å²) < 4.78 is 23.2. The molecule has 0 unspecified atom stereocenters. The standard InChI is InChI=1S/C17H21N3O3S/c1-12-9-10-14(11-15(12)24(18,22)23)19-17(21)16(20(2)3)13-7-5-4-6-8-13/h4-11,16H,1-3H3,(H,19,21)(H2,18,22,23)/t16-/m1/s1. The van der Waals surface area contributed by atoms with Crippen molar-refractivity contribution in [1.29, 1.82) is 0 Å². The lowest BCUT2D eigenvalue weighted by Crippen LogP contribution is -2.32. The van der Waals surface area contributed by atoms with Crippen LogP contribution >= 0.6 is 0 Å². The SMILES string of the molecule is Cc1ccc(NC(=O)[C@@H](c2ccccc2)N(C)C)cc1S(N)(=O)=O. The zero-order chi connectivity index (χ0) is 17.9. The molecule has 1 amide bonds. The second kappa shape index (κ2) is 7.12. The van der Waals surface area contributed by atoms with Crippen LogP contribution < -0.4 is 10.5 Å². The Morgan fingerprint density at radius 1 is 1.12 bits per heavy atom. The number of aryl methyl sites for hydroxylation is 1. The van der Waals surface area contributed by atoms with Gasteiger partial charge in [0, 0.05) is 5.69 Å². The molecule has 0 fully saturated rings. The molecule has 0 aliphatic rings. The first kappa shape index (κ1) is 18.1. The molecule has 0 saturated heterocycles. The van der Waals surface area contributed by atoms with Crippen LogP contribution in [-0.4, -0.2) is 33.3 Å². The number of anilines is 1. The fourth-order valence-electron chi connectivity index (χ4n) is 2.51. The van der Waals surface area contributed by atoms with E-state index in [2.05, 4.69) is 5.32 Å². The topological polar surface area (TPSA) is 92.5 Å². The number of nitrogens with zero attached hydrogens (tertiary/aromatic N) is 1. The first-order valence-electron chi connectivity index (χ1n) is 7.36. The molecule has 7 heteroatoms. The van der Waals surface area contributed by atoms with Gasteiger partial charge in [0.25, 0.3) is 0 Å². The predicted octanol–water partition coefficient (Wildman–Crippen LogP) is 1.88. The van der Waals surface area contributed by atoms with Crippen molar-refractivity contribution < 1.29 is 13.2 Å². The summed E-state index contributed by atoms with van der Waals surface area (Å²) in [5, 5.41) is 7.97. The molecule has 24 heavy (non-hydrogen) atoms. The van der Waals surface area contributed by atoms with Gasteiger partial charge >= 0.3 is 0 Å². The minimum absolute atomic E-state index is 0.00131. The molecule has 2 aromatic rings. The number of primary sulfonamides is 1. The van der Waals surface area contributed by atoms with Gasteiger partial charge in [0.2, 0.25) is 15.9 Å². The molecule has 3 N–H and O–H groups in total. The second-order valence-electron chi connectivity index (χ2n) is 5.79. The minimum Gasteiger partial charge on any atom is -0.324 e. The first-order valence-corrected chi connectivity index (χ1v) is 8.90. The van der Waals surface area contributed by atoms with Crippen molar-refractivity contribution in [3.63, 3.8) is 0 Å². The maximum absolute atomic E-state index is 12.7. The molecule has 0 bridgehead atoms. The molecule has 1 atom stereocenters. The van der Waals surface area contributed by atoms with E-state index in [-0.39, 0.29) is 10.8 Å². The average Bonchev–Trinajstić information content (AvgIpc) is 2.49. The highest BCUT2D eigenvalue weighted by molar-refractivity contribution is 7.89. The molecular weight excluding hydrogens is 326 g/mol. The Balaban J connectivity index is 2.31. The molecule has 0 saturated carbocycles. The summed E-state index contributed by atoms with van der Waals surface area (Å²) in [6, 6.07) is 13.5. The third-order valence-electron chi connectivity index (χ3n) is 3.64. The van der Waals surface area contributed by atoms with E-state index < -0.39 is 16.1 Å². The number of rotatable bonds is 5. The van der Waals surface area contributed by atoms with Crippen LogP contribution in [0.5, 0.6) is 0 Å². The van der Waals surface area contributed by atoms with Gasteiger partial charge in [-0.1, -0.05) is 36.4 Å². The Kier molecular flexibility index (Phi) is 5.38. The summed E-state index contributed by atoms with van der Waals surface area (Å²) in [6.45, 7) is 1.65.